The molecule has 0 fully saturated rings. The van der Waals surface area contributed by atoms with Gasteiger partial charge in [-0.3, -0.25) is 0 Å². The van der Waals surface area contributed by atoms with Gasteiger partial charge >= 0.3 is 0 Å². The third-order valence-electron chi connectivity index (χ3n) is 7.38. The van der Waals surface area contributed by atoms with E-state index < -0.39 is 0 Å². The molecule has 3 aromatic carbocycles. The van der Waals surface area contributed by atoms with E-state index in [0.717, 1.165) is 0 Å². The molecule has 0 N–H and O–H groups in total. The number of rotatable bonds is 2. The molecule has 3 aromatic rings. The molecule has 1 radical (unpaired) electrons. The molecule has 28 heavy (non-hydrogen) atoms. The van der Waals surface area contributed by atoms with Crippen LogP contribution in [-0.2, 0) is 0 Å². The SMILES string of the molecule is Cc1c(C)c(C)c(-c2[c]cccc2-c2c(C)c(C)c(C)c(C)c2C)c(C)c1C. The van der Waals surface area contributed by atoms with E-state index in [2.05, 4.69) is 93.5 Å². The molecule has 0 bridgehead atoms. The molecule has 0 aliphatic heterocycles. The summed E-state index contributed by atoms with van der Waals surface area (Å²) in [7, 11) is 0. The molecule has 0 heterocycles. The van der Waals surface area contributed by atoms with E-state index in [0.29, 0.717) is 0 Å². The fourth-order valence-electron chi connectivity index (χ4n) is 4.63. The smallest absolute Gasteiger partial charge is 0.00209 e. The predicted molar refractivity (Wildman–Crippen MR) is 124 cm³/mol. The zero-order chi connectivity index (χ0) is 20.9. The van der Waals surface area contributed by atoms with Crippen molar-refractivity contribution in [2.45, 2.75) is 69.2 Å². The van der Waals surface area contributed by atoms with Crippen LogP contribution in [0.5, 0.6) is 0 Å². The van der Waals surface area contributed by atoms with Crippen molar-refractivity contribution in [3.8, 4) is 22.3 Å². The lowest BCUT2D eigenvalue weighted by Gasteiger charge is -2.24. The third kappa shape index (κ3) is 2.91. The van der Waals surface area contributed by atoms with Crippen molar-refractivity contribution >= 4 is 0 Å². The second-order valence-corrected chi connectivity index (χ2v) is 8.46. The number of hydrogen-bond acceptors (Lipinski definition) is 0. The summed E-state index contributed by atoms with van der Waals surface area (Å²) in [6.07, 6.45) is 0. The zero-order valence-corrected chi connectivity index (χ0v) is 19.2. The summed E-state index contributed by atoms with van der Waals surface area (Å²) in [5.41, 5.74) is 19.2. The lowest BCUT2D eigenvalue weighted by molar-refractivity contribution is 1.17. The van der Waals surface area contributed by atoms with Crippen LogP contribution in [0, 0.1) is 75.3 Å². The first-order chi connectivity index (χ1) is 13.1. The first-order valence-electron chi connectivity index (χ1n) is 10.2. The topological polar surface area (TPSA) is 0 Å². The van der Waals surface area contributed by atoms with E-state index in [1.165, 1.54) is 77.9 Å². The molecule has 0 amide bonds. The summed E-state index contributed by atoms with van der Waals surface area (Å²) in [4.78, 5) is 0. The Morgan fingerprint density at radius 1 is 0.464 bits per heavy atom. The van der Waals surface area contributed by atoms with Crippen LogP contribution in [0.4, 0.5) is 0 Å². The Morgan fingerprint density at radius 3 is 1.25 bits per heavy atom. The molecular weight excluding hydrogens is 336 g/mol. The van der Waals surface area contributed by atoms with Gasteiger partial charge in [0.05, 0.1) is 0 Å². The lowest BCUT2D eigenvalue weighted by Crippen LogP contribution is -2.03. The van der Waals surface area contributed by atoms with Crippen LogP contribution in [0.3, 0.4) is 0 Å². The Bertz CT molecular complexity index is 947. The van der Waals surface area contributed by atoms with Gasteiger partial charge in [-0.25, -0.2) is 0 Å². The molecule has 0 spiro atoms. The Hall–Kier alpha value is -2.34. The summed E-state index contributed by atoms with van der Waals surface area (Å²) in [5, 5.41) is 0. The van der Waals surface area contributed by atoms with Gasteiger partial charge in [-0.15, -0.1) is 0 Å². The number of benzene rings is 3. The van der Waals surface area contributed by atoms with Gasteiger partial charge in [-0.2, -0.15) is 0 Å². The molecule has 145 valence electrons. The van der Waals surface area contributed by atoms with Crippen LogP contribution in [0.25, 0.3) is 22.3 Å². The van der Waals surface area contributed by atoms with E-state index >= 15 is 0 Å². The van der Waals surface area contributed by atoms with E-state index in [1.807, 2.05) is 0 Å². The standard InChI is InChI=1S/C28H33/c1-15-17(3)21(7)27(22(8)18(15)4)25-13-11-12-14-26(25)28-23(9)19(5)16(2)20(6)24(28)10/h11-13H,1-10H3. The largest absolute Gasteiger partial charge is 0.0610 e. The molecular formula is C28H33. The van der Waals surface area contributed by atoms with E-state index in [1.54, 1.807) is 0 Å². The minimum absolute atomic E-state index is 1.23. The van der Waals surface area contributed by atoms with Crippen LogP contribution in [-0.4, -0.2) is 0 Å². The summed E-state index contributed by atoms with van der Waals surface area (Å²) >= 11 is 0. The molecule has 0 aliphatic carbocycles. The molecule has 0 aliphatic rings. The van der Waals surface area contributed by atoms with E-state index in [4.69, 9.17) is 0 Å². The first kappa shape index (κ1) is 20.4. The van der Waals surface area contributed by atoms with Crippen molar-refractivity contribution < 1.29 is 0 Å². The quantitative estimate of drug-likeness (QED) is 0.430. The van der Waals surface area contributed by atoms with Crippen LogP contribution in [0.1, 0.15) is 55.6 Å². The highest BCUT2D eigenvalue weighted by Crippen LogP contribution is 2.42. The summed E-state index contributed by atoms with van der Waals surface area (Å²) in [6.45, 7) is 22.6. The van der Waals surface area contributed by atoms with Crippen LogP contribution >= 0.6 is 0 Å². The average Bonchev–Trinajstić information content (AvgIpc) is 2.69. The van der Waals surface area contributed by atoms with Gasteiger partial charge in [0.1, 0.15) is 0 Å². The predicted octanol–water partition coefficient (Wildman–Crippen LogP) is 7.90. The molecule has 0 aromatic heterocycles. The van der Waals surface area contributed by atoms with Crippen LogP contribution < -0.4 is 0 Å². The van der Waals surface area contributed by atoms with Gasteiger partial charge in [0, 0.05) is 0 Å². The fraction of sp³-hybridized carbons (Fsp3) is 0.357. The average molecular weight is 370 g/mol. The highest BCUT2D eigenvalue weighted by atomic mass is 14.2. The first-order valence-corrected chi connectivity index (χ1v) is 10.2. The lowest BCUT2D eigenvalue weighted by atomic mass is 9.80. The molecule has 0 nitrogen and oxygen atoms in total. The number of hydrogen-bond donors (Lipinski definition) is 0. The molecule has 3 rings (SSSR count). The van der Waals surface area contributed by atoms with E-state index in [9.17, 15) is 0 Å². The monoisotopic (exact) mass is 369 g/mol. The Labute approximate surface area is 171 Å². The highest BCUT2D eigenvalue weighted by molar-refractivity contribution is 5.90. The molecule has 0 heteroatoms. The minimum atomic E-state index is 1.23. The van der Waals surface area contributed by atoms with Crippen LogP contribution in [0.15, 0.2) is 18.2 Å². The minimum Gasteiger partial charge on any atom is -0.0610 e. The Balaban J connectivity index is 2.46. The maximum absolute atomic E-state index is 3.62. The van der Waals surface area contributed by atoms with Crippen molar-refractivity contribution in [3.63, 3.8) is 0 Å². The summed E-state index contributed by atoms with van der Waals surface area (Å²) < 4.78 is 0. The van der Waals surface area contributed by atoms with Crippen molar-refractivity contribution in [1.29, 1.82) is 0 Å². The normalized spacial score (nSPS) is 11.2. The summed E-state index contributed by atoms with van der Waals surface area (Å²) in [5.74, 6) is 0. The molecule has 0 saturated heterocycles. The van der Waals surface area contributed by atoms with Crippen molar-refractivity contribution in [2.75, 3.05) is 0 Å². The van der Waals surface area contributed by atoms with Gasteiger partial charge in [0.2, 0.25) is 0 Å². The van der Waals surface area contributed by atoms with Crippen LogP contribution in [0.2, 0.25) is 0 Å². The maximum Gasteiger partial charge on any atom is -0.00209 e. The van der Waals surface area contributed by atoms with Gasteiger partial charge < -0.3 is 0 Å². The molecule has 0 unspecified atom stereocenters. The maximum atomic E-state index is 3.62. The second-order valence-electron chi connectivity index (χ2n) is 8.46. The third-order valence-corrected chi connectivity index (χ3v) is 7.38. The van der Waals surface area contributed by atoms with Crippen molar-refractivity contribution in [1.82, 2.24) is 0 Å². The fourth-order valence-corrected chi connectivity index (χ4v) is 4.63. The molecule has 0 saturated carbocycles. The molecule has 0 atom stereocenters. The van der Waals surface area contributed by atoms with Gasteiger partial charge in [0.15, 0.2) is 0 Å². The highest BCUT2D eigenvalue weighted by Gasteiger charge is 2.20. The Kier molecular flexibility index (Phi) is 5.28. The van der Waals surface area contributed by atoms with Gasteiger partial charge in [-0.05, 0) is 153 Å². The van der Waals surface area contributed by atoms with Gasteiger partial charge in [-0.1, -0.05) is 18.2 Å². The van der Waals surface area contributed by atoms with Crippen molar-refractivity contribution in [3.05, 3.63) is 79.9 Å². The Morgan fingerprint density at radius 2 is 0.821 bits per heavy atom. The van der Waals surface area contributed by atoms with Crippen molar-refractivity contribution in [2.24, 2.45) is 0 Å². The zero-order valence-electron chi connectivity index (χ0n) is 19.2. The van der Waals surface area contributed by atoms with Gasteiger partial charge in [0.25, 0.3) is 0 Å². The van der Waals surface area contributed by atoms with E-state index in [-0.39, 0.29) is 0 Å². The second kappa shape index (κ2) is 7.24. The summed E-state index contributed by atoms with van der Waals surface area (Å²) in [6, 6.07) is 10.1.